The van der Waals surface area contributed by atoms with Gasteiger partial charge in [-0.15, -0.1) is 11.3 Å². The van der Waals surface area contributed by atoms with Crippen LogP contribution in [0.5, 0.6) is 0 Å². The molecule has 3 heterocycles. The summed E-state index contributed by atoms with van der Waals surface area (Å²) in [6.07, 6.45) is 3.28. The third kappa shape index (κ3) is 4.05. The fourth-order valence-electron chi connectivity index (χ4n) is 3.29. The summed E-state index contributed by atoms with van der Waals surface area (Å²) in [5.74, 6) is 0.586. The van der Waals surface area contributed by atoms with Crippen molar-refractivity contribution in [3.05, 3.63) is 22.4 Å². The van der Waals surface area contributed by atoms with Gasteiger partial charge in [-0.1, -0.05) is 6.07 Å². The Bertz CT molecular complexity index is 442. The van der Waals surface area contributed by atoms with Crippen LogP contribution < -0.4 is 5.32 Å². The van der Waals surface area contributed by atoms with Crippen molar-refractivity contribution in [1.29, 1.82) is 0 Å². The Morgan fingerprint density at radius 2 is 2.24 bits per heavy atom. The zero-order valence-electron chi connectivity index (χ0n) is 12.6. The van der Waals surface area contributed by atoms with Crippen LogP contribution in [0.1, 0.15) is 24.1 Å². The molecule has 3 rings (SSSR count). The average molecular weight is 307 g/mol. The summed E-state index contributed by atoms with van der Waals surface area (Å²) in [4.78, 5) is 18.6. The van der Waals surface area contributed by atoms with Crippen LogP contribution in [0.25, 0.3) is 0 Å². The van der Waals surface area contributed by atoms with Crippen LogP contribution in [0.3, 0.4) is 0 Å². The summed E-state index contributed by atoms with van der Waals surface area (Å²) >= 11 is 1.82. The van der Waals surface area contributed by atoms with Gasteiger partial charge in [0.25, 0.3) is 0 Å². The van der Waals surface area contributed by atoms with Crippen LogP contribution in [-0.4, -0.2) is 55.0 Å². The SMILES string of the molecule is O=C([C@@H]1CCCNC1)N1CCCN(Cc2cccs2)CC1. The van der Waals surface area contributed by atoms with E-state index < -0.39 is 0 Å². The quantitative estimate of drug-likeness (QED) is 0.925. The lowest BCUT2D eigenvalue weighted by atomic mass is 9.98. The fourth-order valence-corrected chi connectivity index (χ4v) is 4.04. The third-order valence-electron chi connectivity index (χ3n) is 4.51. The Balaban J connectivity index is 1.51. The summed E-state index contributed by atoms with van der Waals surface area (Å²) in [7, 11) is 0. The molecule has 0 bridgehead atoms. The topological polar surface area (TPSA) is 35.6 Å². The second-order valence-corrected chi connectivity index (χ2v) is 7.11. The van der Waals surface area contributed by atoms with Crippen molar-refractivity contribution in [1.82, 2.24) is 15.1 Å². The molecule has 0 aliphatic carbocycles. The van der Waals surface area contributed by atoms with Crippen molar-refractivity contribution in [3.8, 4) is 0 Å². The number of nitrogens with one attached hydrogen (secondary N) is 1. The fraction of sp³-hybridized carbons (Fsp3) is 0.688. The average Bonchev–Trinajstić information content (AvgIpc) is 2.92. The molecular weight excluding hydrogens is 282 g/mol. The third-order valence-corrected chi connectivity index (χ3v) is 5.37. The minimum atomic E-state index is 0.211. The van der Waals surface area contributed by atoms with E-state index in [2.05, 4.69) is 32.6 Å². The van der Waals surface area contributed by atoms with Gasteiger partial charge in [-0.2, -0.15) is 0 Å². The van der Waals surface area contributed by atoms with Crippen molar-refractivity contribution in [2.45, 2.75) is 25.8 Å². The van der Waals surface area contributed by atoms with Crippen molar-refractivity contribution >= 4 is 17.2 Å². The van der Waals surface area contributed by atoms with Crippen LogP contribution in [0.15, 0.2) is 17.5 Å². The van der Waals surface area contributed by atoms with Gasteiger partial charge < -0.3 is 10.2 Å². The Morgan fingerprint density at radius 3 is 3.00 bits per heavy atom. The number of thiophene rings is 1. The highest BCUT2D eigenvalue weighted by Crippen LogP contribution is 2.17. The largest absolute Gasteiger partial charge is 0.341 e. The molecule has 4 nitrogen and oxygen atoms in total. The predicted molar refractivity (Wildman–Crippen MR) is 86.4 cm³/mol. The highest BCUT2D eigenvalue weighted by Gasteiger charge is 2.27. The van der Waals surface area contributed by atoms with E-state index in [1.165, 1.54) is 4.88 Å². The second kappa shape index (κ2) is 7.38. The standard InChI is InChI=1S/C16H25N3OS/c20-16(14-4-1-6-17-12-14)19-8-3-7-18(9-10-19)13-15-5-2-11-21-15/h2,5,11,14,17H,1,3-4,6-10,12-13H2/t14-/m1/s1. The molecule has 0 spiro atoms. The van der Waals surface area contributed by atoms with Gasteiger partial charge >= 0.3 is 0 Å². The molecular formula is C16H25N3OS. The smallest absolute Gasteiger partial charge is 0.227 e. The molecule has 116 valence electrons. The molecule has 0 radical (unpaired) electrons. The number of carbonyl (C=O) groups excluding carboxylic acids is 1. The van der Waals surface area contributed by atoms with Gasteiger partial charge in [0.15, 0.2) is 0 Å². The summed E-state index contributed by atoms with van der Waals surface area (Å²) < 4.78 is 0. The Hall–Kier alpha value is -0.910. The molecule has 0 aromatic carbocycles. The molecule has 2 fully saturated rings. The number of amides is 1. The maximum absolute atomic E-state index is 12.6. The zero-order chi connectivity index (χ0) is 14.5. The van der Waals surface area contributed by atoms with Crippen molar-refractivity contribution < 1.29 is 4.79 Å². The van der Waals surface area contributed by atoms with Gasteiger partial charge in [-0.25, -0.2) is 0 Å². The summed E-state index contributed by atoms with van der Waals surface area (Å²) in [5, 5.41) is 5.49. The molecule has 0 saturated carbocycles. The first-order chi connectivity index (χ1) is 10.3. The zero-order valence-corrected chi connectivity index (χ0v) is 13.4. The van der Waals surface area contributed by atoms with Crippen LogP contribution >= 0.6 is 11.3 Å². The van der Waals surface area contributed by atoms with E-state index in [1.807, 2.05) is 11.3 Å². The predicted octanol–water partition coefficient (Wildman–Crippen LogP) is 1.78. The van der Waals surface area contributed by atoms with Crippen LogP contribution in [0.4, 0.5) is 0 Å². The van der Waals surface area contributed by atoms with E-state index in [9.17, 15) is 4.79 Å². The maximum Gasteiger partial charge on any atom is 0.227 e. The monoisotopic (exact) mass is 307 g/mol. The minimum Gasteiger partial charge on any atom is -0.341 e. The number of rotatable bonds is 3. The van der Waals surface area contributed by atoms with Gasteiger partial charge in [0.1, 0.15) is 0 Å². The molecule has 2 saturated heterocycles. The molecule has 2 aliphatic rings. The van der Waals surface area contributed by atoms with E-state index in [0.29, 0.717) is 5.91 Å². The molecule has 1 N–H and O–H groups in total. The maximum atomic E-state index is 12.6. The van der Waals surface area contributed by atoms with Gasteiger partial charge in [0.2, 0.25) is 5.91 Å². The first-order valence-electron chi connectivity index (χ1n) is 8.07. The van der Waals surface area contributed by atoms with Crippen molar-refractivity contribution in [2.24, 2.45) is 5.92 Å². The Labute approximate surface area is 131 Å². The highest BCUT2D eigenvalue weighted by molar-refractivity contribution is 7.09. The highest BCUT2D eigenvalue weighted by atomic mass is 32.1. The number of hydrogen-bond acceptors (Lipinski definition) is 4. The molecule has 1 atom stereocenters. The Morgan fingerprint density at radius 1 is 1.29 bits per heavy atom. The van der Waals surface area contributed by atoms with E-state index in [1.54, 1.807) is 0 Å². The summed E-state index contributed by atoms with van der Waals surface area (Å²) in [5.41, 5.74) is 0. The number of hydrogen-bond donors (Lipinski definition) is 1. The lowest BCUT2D eigenvalue weighted by molar-refractivity contribution is -0.135. The number of nitrogens with zero attached hydrogens (tertiary/aromatic N) is 2. The number of carbonyl (C=O) groups is 1. The second-order valence-electron chi connectivity index (χ2n) is 6.08. The van der Waals surface area contributed by atoms with E-state index in [0.717, 1.165) is 65.1 Å². The van der Waals surface area contributed by atoms with Gasteiger partial charge in [0.05, 0.1) is 5.92 Å². The van der Waals surface area contributed by atoms with Gasteiger partial charge in [-0.05, 0) is 37.3 Å². The normalized spacial score (nSPS) is 24.8. The lowest BCUT2D eigenvalue weighted by Gasteiger charge is -2.29. The molecule has 1 aromatic rings. The van der Waals surface area contributed by atoms with Crippen molar-refractivity contribution in [2.75, 3.05) is 39.3 Å². The molecule has 2 aliphatic heterocycles. The Kier molecular flexibility index (Phi) is 5.27. The molecule has 0 unspecified atom stereocenters. The first-order valence-corrected chi connectivity index (χ1v) is 8.95. The van der Waals surface area contributed by atoms with E-state index >= 15 is 0 Å². The van der Waals surface area contributed by atoms with E-state index in [4.69, 9.17) is 0 Å². The minimum absolute atomic E-state index is 0.211. The van der Waals surface area contributed by atoms with Crippen LogP contribution in [-0.2, 0) is 11.3 Å². The number of piperidine rings is 1. The van der Waals surface area contributed by atoms with Crippen molar-refractivity contribution in [3.63, 3.8) is 0 Å². The molecule has 21 heavy (non-hydrogen) atoms. The van der Waals surface area contributed by atoms with Gasteiger partial charge in [-0.3, -0.25) is 9.69 Å². The molecule has 5 heteroatoms. The lowest BCUT2D eigenvalue weighted by Crippen LogP contribution is -2.44. The first kappa shape index (κ1) is 15.0. The summed E-state index contributed by atoms with van der Waals surface area (Å²) in [6.45, 7) is 6.89. The molecule has 1 aromatic heterocycles. The van der Waals surface area contributed by atoms with Crippen LogP contribution in [0, 0.1) is 5.92 Å². The molecule has 1 amide bonds. The van der Waals surface area contributed by atoms with Crippen LogP contribution in [0.2, 0.25) is 0 Å². The summed E-state index contributed by atoms with van der Waals surface area (Å²) in [6, 6.07) is 4.32. The van der Waals surface area contributed by atoms with E-state index in [-0.39, 0.29) is 5.92 Å². The van der Waals surface area contributed by atoms with Gasteiger partial charge in [0, 0.05) is 44.1 Å².